The van der Waals surface area contributed by atoms with Crippen LogP contribution in [0.3, 0.4) is 0 Å². The molecule has 0 atom stereocenters. The Morgan fingerprint density at radius 3 is 2.41 bits per heavy atom. The Morgan fingerprint density at radius 2 is 1.76 bits per heavy atom. The average Bonchev–Trinajstić information content (AvgIpc) is 2.69. The molecule has 0 spiro atoms. The van der Waals surface area contributed by atoms with Crippen LogP contribution in [0.2, 0.25) is 5.02 Å². The number of ether oxygens (including phenoxy) is 1. The fraction of sp³-hybridized carbons (Fsp3) is 0.0500. The van der Waals surface area contributed by atoms with E-state index in [0.717, 1.165) is 6.07 Å². The number of nitrogens with one attached hydrogen (secondary N) is 2. The number of carbonyl (C=O) groups is 1. The summed E-state index contributed by atoms with van der Waals surface area (Å²) in [5, 5.41) is 2.86. The standard InChI is InChI=1S/C20H16ClFN2O4S/c1-28-16-4-2-3-15(11-16)24-29(26,27)17-9-10-19(18(22)12-17)23-20(25)13-5-7-14(21)8-6-13/h2-12,24H,1H3,(H,23,25). The molecule has 9 heteroatoms. The number of methoxy groups -OCH3 is 1. The highest BCUT2D eigenvalue weighted by atomic mass is 35.5. The van der Waals surface area contributed by atoms with Crippen LogP contribution in [-0.4, -0.2) is 21.4 Å². The smallest absolute Gasteiger partial charge is 0.262 e. The summed E-state index contributed by atoms with van der Waals surface area (Å²) in [5.74, 6) is -0.969. The van der Waals surface area contributed by atoms with Gasteiger partial charge >= 0.3 is 0 Å². The molecular formula is C20H16ClFN2O4S. The summed E-state index contributed by atoms with van der Waals surface area (Å²) in [6.07, 6.45) is 0. The number of carbonyl (C=O) groups excluding carboxylic acids is 1. The average molecular weight is 435 g/mol. The summed E-state index contributed by atoms with van der Waals surface area (Å²) in [6.45, 7) is 0. The van der Waals surface area contributed by atoms with E-state index < -0.39 is 21.7 Å². The molecule has 0 aliphatic heterocycles. The van der Waals surface area contributed by atoms with Gasteiger partial charge < -0.3 is 10.1 Å². The summed E-state index contributed by atoms with van der Waals surface area (Å²) < 4.78 is 46.9. The predicted molar refractivity (Wildman–Crippen MR) is 110 cm³/mol. The highest BCUT2D eigenvalue weighted by Crippen LogP contribution is 2.24. The molecule has 0 fully saturated rings. The minimum atomic E-state index is -4.04. The molecular weight excluding hydrogens is 419 g/mol. The molecule has 2 N–H and O–H groups in total. The van der Waals surface area contributed by atoms with E-state index in [0.29, 0.717) is 10.8 Å². The molecule has 0 heterocycles. The topological polar surface area (TPSA) is 84.5 Å². The van der Waals surface area contributed by atoms with Gasteiger partial charge in [0.1, 0.15) is 11.6 Å². The first-order valence-electron chi connectivity index (χ1n) is 8.32. The first-order chi connectivity index (χ1) is 13.8. The van der Waals surface area contributed by atoms with E-state index in [1.165, 1.54) is 55.6 Å². The van der Waals surface area contributed by atoms with E-state index >= 15 is 0 Å². The van der Waals surface area contributed by atoms with Crippen LogP contribution in [0.4, 0.5) is 15.8 Å². The molecule has 0 radical (unpaired) electrons. The van der Waals surface area contributed by atoms with Crippen LogP contribution in [0.25, 0.3) is 0 Å². The van der Waals surface area contributed by atoms with Crippen LogP contribution >= 0.6 is 11.6 Å². The van der Waals surface area contributed by atoms with Crippen LogP contribution in [0.1, 0.15) is 10.4 Å². The number of benzene rings is 3. The van der Waals surface area contributed by atoms with Gasteiger partial charge in [0.15, 0.2) is 0 Å². The highest BCUT2D eigenvalue weighted by Gasteiger charge is 2.18. The van der Waals surface area contributed by atoms with Crippen molar-refractivity contribution in [1.29, 1.82) is 0 Å². The van der Waals surface area contributed by atoms with Crippen molar-refractivity contribution in [3.8, 4) is 5.75 Å². The Balaban J connectivity index is 1.79. The number of hydrogen-bond donors (Lipinski definition) is 2. The summed E-state index contributed by atoms with van der Waals surface area (Å²) in [6, 6.07) is 15.6. The quantitative estimate of drug-likeness (QED) is 0.596. The maximum absolute atomic E-state index is 14.4. The Morgan fingerprint density at radius 1 is 1.03 bits per heavy atom. The van der Waals surface area contributed by atoms with Crippen LogP contribution in [0, 0.1) is 5.82 Å². The molecule has 0 saturated carbocycles. The monoisotopic (exact) mass is 434 g/mol. The van der Waals surface area contributed by atoms with Gasteiger partial charge in [-0.25, -0.2) is 12.8 Å². The van der Waals surface area contributed by atoms with Gasteiger partial charge in [0.2, 0.25) is 0 Å². The molecule has 3 rings (SSSR count). The number of sulfonamides is 1. The third-order valence-corrected chi connectivity index (χ3v) is 5.56. The number of amides is 1. The van der Waals surface area contributed by atoms with Gasteiger partial charge in [-0.15, -0.1) is 0 Å². The predicted octanol–water partition coefficient (Wildman–Crippen LogP) is 4.54. The molecule has 1 amide bonds. The summed E-state index contributed by atoms with van der Waals surface area (Å²) in [5.41, 5.74) is 0.403. The van der Waals surface area contributed by atoms with Crippen molar-refractivity contribution in [2.75, 3.05) is 17.1 Å². The van der Waals surface area contributed by atoms with Crippen molar-refractivity contribution in [1.82, 2.24) is 0 Å². The van der Waals surface area contributed by atoms with Gasteiger partial charge in [0, 0.05) is 16.7 Å². The lowest BCUT2D eigenvalue weighted by Crippen LogP contribution is -2.15. The van der Waals surface area contributed by atoms with Crippen LogP contribution in [0.5, 0.6) is 5.75 Å². The zero-order valence-corrected chi connectivity index (χ0v) is 16.7. The van der Waals surface area contributed by atoms with Crippen molar-refractivity contribution < 1.29 is 22.3 Å². The fourth-order valence-electron chi connectivity index (χ4n) is 2.46. The normalized spacial score (nSPS) is 11.0. The van der Waals surface area contributed by atoms with Crippen molar-refractivity contribution in [3.63, 3.8) is 0 Å². The lowest BCUT2D eigenvalue weighted by atomic mass is 10.2. The molecule has 6 nitrogen and oxygen atoms in total. The lowest BCUT2D eigenvalue weighted by Gasteiger charge is -2.11. The molecule has 0 saturated heterocycles. The Hall–Kier alpha value is -3.10. The van der Waals surface area contributed by atoms with E-state index in [9.17, 15) is 17.6 Å². The third kappa shape index (κ3) is 5.04. The van der Waals surface area contributed by atoms with Crippen molar-refractivity contribution in [2.45, 2.75) is 4.90 Å². The number of hydrogen-bond acceptors (Lipinski definition) is 4. The van der Waals surface area contributed by atoms with Crippen LogP contribution in [-0.2, 0) is 10.0 Å². The molecule has 0 aliphatic rings. The zero-order valence-electron chi connectivity index (χ0n) is 15.1. The minimum Gasteiger partial charge on any atom is -0.497 e. The van der Waals surface area contributed by atoms with Gasteiger partial charge in [0.05, 0.1) is 23.4 Å². The number of rotatable bonds is 6. The zero-order chi connectivity index (χ0) is 21.0. The molecule has 0 unspecified atom stereocenters. The second-order valence-electron chi connectivity index (χ2n) is 5.94. The van der Waals surface area contributed by atoms with Gasteiger partial charge in [-0.05, 0) is 54.6 Å². The maximum Gasteiger partial charge on any atom is 0.262 e. The molecule has 0 aromatic heterocycles. The Labute approximate surface area is 172 Å². The molecule has 3 aromatic rings. The van der Waals surface area contributed by atoms with E-state index in [4.69, 9.17) is 16.3 Å². The Kier molecular flexibility index (Phi) is 6.05. The fourth-order valence-corrected chi connectivity index (χ4v) is 3.65. The number of halogens is 2. The molecule has 0 bridgehead atoms. The largest absolute Gasteiger partial charge is 0.497 e. The second kappa shape index (κ2) is 8.50. The first kappa shape index (κ1) is 20.6. The summed E-state index contributed by atoms with van der Waals surface area (Å²) in [7, 11) is -2.58. The van der Waals surface area contributed by atoms with E-state index in [-0.39, 0.29) is 21.8 Å². The van der Waals surface area contributed by atoms with E-state index in [1.807, 2.05) is 0 Å². The summed E-state index contributed by atoms with van der Waals surface area (Å²) in [4.78, 5) is 11.9. The molecule has 150 valence electrons. The van der Waals surface area contributed by atoms with Crippen molar-refractivity contribution >= 4 is 38.9 Å². The highest BCUT2D eigenvalue weighted by molar-refractivity contribution is 7.92. The molecule has 3 aromatic carbocycles. The third-order valence-electron chi connectivity index (χ3n) is 3.93. The van der Waals surface area contributed by atoms with Crippen molar-refractivity contribution in [2.24, 2.45) is 0 Å². The first-order valence-corrected chi connectivity index (χ1v) is 10.2. The lowest BCUT2D eigenvalue weighted by molar-refractivity contribution is 0.102. The molecule has 0 aliphatic carbocycles. The van der Waals surface area contributed by atoms with Gasteiger partial charge in [-0.1, -0.05) is 17.7 Å². The molecule has 29 heavy (non-hydrogen) atoms. The SMILES string of the molecule is COc1cccc(NS(=O)(=O)c2ccc(NC(=O)c3ccc(Cl)cc3)c(F)c2)c1. The van der Waals surface area contributed by atoms with E-state index in [2.05, 4.69) is 10.0 Å². The van der Waals surface area contributed by atoms with Crippen LogP contribution < -0.4 is 14.8 Å². The minimum absolute atomic E-state index is 0.148. The van der Waals surface area contributed by atoms with Crippen LogP contribution in [0.15, 0.2) is 71.6 Å². The van der Waals surface area contributed by atoms with Gasteiger partial charge in [0.25, 0.3) is 15.9 Å². The van der Waals surface area contributed by atoms with Crippen molar-refractivity contribution in [3.05, 3.63) is 83.1 Å². The van der Waals surface area contributed by atoms with Gasteiger partial charge in [-0.3, -0.25) is 9.52 Å². The second-order valence-corrected chi connectivity index (χ2v) is 8.06. The Bertz CT molecular complexity index is 1150. The number of anilines is 2. The summed E-state index contributed by atoms with van der Waals surface area (Å²) >= 11 is 5.78. The maximum atomic E-state index is 14.4. The van der Waals surface area contributed by atoms with E-state index in [1.54, 1.807) is 12.1 Å². The van der Waals surface area contributed by atoms with Gasteiger partial charge in [-0.2, -0.15) is 0 Å².